The monoisotopic (exact) mass is 394 g/mol. The average Bonchev–Trinajstić information content (AvgIpc) is 2.59. The van der Waals surface area contributed by atoms with E-state index in [1.807, 2.05) is 18.2 Å². The van der Waals surface area contributed by atoms with Crippen molar-refractivity contribution in [1.29, 1.82) is 0 Å². The zero-order chi connectivity index (χ0) is 18.7. The van der Waals surface area contributed by atoms with E-state index < -0.39 is 12.3 Å². The fraction of sp³-hybridized carbons (Fsp3) is 0.316. The molecule has 1 fully saturated rings. The molecule has 1 aliphatic rings. The molecule has 0 saturated carbocycles. The van der Waals surface area contributed by atoms with Gasteiger partial charge in [-0.2, -0.15) is 0 Å². The Labute approximate surface area is 162 Å². The topological polar surface area (TPSA) is 59.6 Å². The van der Waals surface area contributed by atoms with Crippen LogP contribution in [0.3, 0.4) is 0 Å². The van der Waals surface area contributed by atoms with Crippen molar-refractivity contribution in [3.8, 4) is 0 Å². The highest BCUT2D eigenvalue weighted by molar-refractivity contribution is 6.42. The van der Waals surface area contributed by atoms with Gasteiger partial charge < -0.3 is 20.1 Å². The lowest BCUT2D eigenvalue weighted by Crippen LogP contribution is -2.34. The number of nitrogens with one attached hydrogen (secondary N) is 2. The molecule has 0 atom stereocenters. The Morgan fingerprint density at radius 3 is 2.42 bits per heavy atom. The Morgan fingerprint density at radius 2 is 1.73 bits per heavy atom. The van der Waals surface area contributed by atoms with E-state index in [2.05, 4.69) is 24.5 Å². The standard InChI is InChI=1S/C19H20Cl2N2O3/c1-19(2)10-25-17(26-11-19)13-5-3-4-6-16(13)23-18(24)22-12-7-8-14(20)15(21)9-12/h3-9,17H,10-11H2,1-2H3,(H2,22,23,24). The predicted octanol–water partition coefficient (Wildman–Crippen LogP) is 5.71. The van der Waals surface area contributed by atoms with Crippen molar-refractivity contribution in [3.63, 3.8) is 0 Å². The summed E-state index contributed by atoms with van der Waals surface area (Å²) in [6.45, 7) is 5.33. The normalized spacial score (nSPS) is 16.9. The molecule has 26 heavy (non-hydrogen) atoms. The predicted molar refractivity (Wildman–Crippen MR) is 104 cm³/mol. The van der Waals surface area contributed by atoms with Gasteiger partial charge in [-0.1, -0.05) is 55.2 Å². The van der Waals surface area contributed by atoms with Gasteiger partial charge in [-0.05, 0) is 24.3 Å². The van der Waals surface area contributed by atoms with E-state index in [0.29, 0.717) is 34.6 Å². The fourth-order valence-electron chi connectivity index (χ4n) is 2.55. The molecular formula is C19H20Cl2N2O3. The molecule has 0 radical (unpaired) electrons. The van der Waals surface area contributed by atoms with Gasteiger partial charge in [-0.25, -0.2) is 4.79 Å². The molecule has 7 heteroatoms. The number of urea groups is 1. The van der Waals surface area contributed by atoms with Crippen molar-refractivity contribution in [2.75, 3.05) is 23.8 Å². The summed E-state index contributed by atoms with van der Waals surface area (Å²) in [4.78, 5) is 12.3. The van der Waals surface area contributed by atoms with Crippen LogP contribution in [0.1, 0.15) is 25.7 Å². The number of halogens is 2. The summed E-state index contributed by atoms with van der Waals surface area (Å²) >= 11 is 11.9. The van der Waals surface area contributed by atoms with Crippen molar-refractivity contribution in [1.82, 2.24) is 0 Å². The van der Waals surface area contributed by atoms with Crippen LogP contribution in [-0.2, 0) is 9.47 Å². The van der Waals surface area contributed by atoms with Gasteiger partial charge in [0.15, 0.2) is 6.29 Å². The lowest BCUT2D eigenvalue weighted by Gasteiger charge is -2.35. The summed E-state index contributed by atoms with van der Waals surface area (Å²) < 4.78 is 11.6. The zero-order valence-electron chi connectivity index (χ0n) is 14.5. The van der Waals surface area contributed by atoms with Crippen molar-refractivity contribution >= 4 is 40.6 Å². The maximum absolute atomic E-state index is 12.3. The van der Waals surface area contributed by atoms with Crippen LogP contribution in [0.5, 0.6) is 0 Å². The van der Waals surface area contributed by atoms with Crippen molar-refractivity contribution < 1.29 is 14.3 Å². The third-order valence-electron chi connectivity index (χ3n) is 3.89. The highest BCUT2D eigenvalue weighted by Gasteiger charge is 2.30. The highest BCUT2D eigenvalue weighted by Crippen LogP contribution is 2.34. The smallest absolute Gasteiger partial charge is 0.323 e. The summed E-state index contributed by atoms with van der Waals surface area (Å²) in [5.41, 5.74) is 1.91. The lowest BCUT2D eigenvalue weighted by atomic mass is 9.95. The summed E-state index contributed by atoms with van der Waals surface area (Å²) in [6, 6.07) is 11.9. The van der Waals surface area contributed by atoms with E-state index in [-0.39, 0.29) is 5.41 Å². The highest BCUT2D eigenvalue weighted by atomic mass is 35.5. The number of anilines is 2. The first-order valence-electron chi connectivity index (χ1n) is 8.19. The van der Waals surface area contributed by atoms with Crippen LogP contribution < -0.4 is 10.6 Å². The fourth-order valence-corrected chi connectivity index (χ4v) is 2.84. The molecular weight excluding hydrogens is 375 g/mol. The number of amides is 2. The number of para-hydroxylation sites is 1. The minimum atomic E-state index is -0.510. The van der Waals surface area contributed by atoms with Crippen LogP contribution in [0.4, 0.5) is 16.2 Å². The third-order valence-corrected chi connectivity index (χ3v) is 4.63. The van der Waals surface area contributed by atoms with Gasteiger partial charge in [-0.3, -0.25) is 0 Å². The molecule has 2 amide bonds. The molecule has 5 nitrogen and oxygen atoms in total. The van der Waals surface area contributed by atoms with Crippen LogP contribution >= 0.6 is 23.2 Å². The van der Waals surface area contributed by atoms with Gasteiger partial charge in [0.25, 0.3) is 0 Å². The van der Waals surface area contributed by atoms with Gasteiger partial charge >= 0.3 is 6.03 Å². The largest absolute Gasteiger partial charge is 0.348 e. The first-order chi connectivity index (χ1) is 12.3. The van der Waals surface area contributed by atoms with Crippen molar-refractivity contribution in [3.05, 3.63) is 58.1 Å². The van der Waals surface area contributed by atoms with Crippen LogP contribution in [0.25, 0.3) is 0 Å². The van der Waals surface area contributed by atoms with Crippen molar-refractivity contribution in [2.45, 2.75) is 20.1 Å². The molecule has 0 unspecified atom stereocenters. The molecule has 0 aliphatic carbocycles. The number of hydrogen-bond donors (Lipinski definition) is 2. The second-order valence-electron chi connectivity index (χ2n) is 6.91. The maximum atomic E-state index is 12.3. The van der Waals surface area contributed by atoms with E-state index in [4.69, 9.17) is 32.7 Å². The summed E-state index contributed by atoms with van der Waals surface area (Å²) in [5, 5.41) is 6.35. The molecule has 0 spiro atoms. The number of carbonyl (C=O) groups excluding carboxylic acids is 1. The number of carbonyl (C=O) groups is 1. The minimum Gasteiger partial charge on any atom is -0.348 e. The Kier molecular flexibility index (Phi) is 5.73. The molecule has 2 N–H and O–H groups in total. The van der Waals surface area contributed by atoms with Crippen molar-refractivity contribution in [2.24, 2.45) is 5.41 Å². The van der Waals surface area contributed by atoms with Crippen LogP contribution in [-0.4, -0.2) is 19.2 Å². The van der Waals surface area contributed by atoms with E-state index in [9.17, 15) is 4.79 Å². The third kappa shape index (κ3) is 4.68. The quantitative estimate of drug-likeness (QED) is 0.700. The van der Waals surface area contributed by atoms with E-state index in [0.717, 1.165) is 5.56 Å². The lowest BCUT2D eigenvalue weighted by molar-refractivity contribution is -0.225. The Bertz CT molecular complexity index is 801. The van der Waals surface area contributed by atoms with E-state index >= 15 is 0 Å². The van der Waals surface area contributed by atoms with Gasteiger partial charge in [-0.15, -0.1) is 0 Å². The van der Waals surface area contributed by atoms with Crippen LogP contribution in [0.15, 0.2) is 42.5 Å². The Balaban J connectivity index is 1.70. The SMILES string of the molecule is CC1(C)COC(c2ccccc2NC(=O)Nc2ccc(Cl)c(Cl)c2)OC1. The Hall–Kier alpha value is -1.79. The zero-order valence-corrected chi connectivity index (χ0v) is 16.0. The molecule has 0 bridgehead atoms. The molecule has 3 rings (SSSR count). The molecule has 1 saturated heterocycles. The van der Waals surface area contributed by atoms with Gasteiger partial charge in [0.1, 0.15) is 0 Å². The molecule has 1 heterocycles. The van der Waals surface area contributed by atoms with Crippen LogP contribution in [0, 0.1) is 5.41 Å². The van der Waals surface area contributed by atoms with E-state index in [1.165, 1.54) is 0 Å². The van der Waals surface area contributed by atoms with Crippen LogP contribution in [0.2, 0.25) is 10.0 Å². The molecule has 1 aliphatic heterocycles. The number of benzene rings is 2. The first-order valence-corrected chi connectivity index (χ1v) is 8.95. The second-order valence-corrected chi connectivity index (χ2v) is 7.73. The average molecular weight is 395 g/mol. The number of ether oxygens (including phenoxy) is 2. The first kappa shape index (κ1) is 19.0. The minimum absolute atomic E-state index is 0.0237. The summed E-state index contributed by atoms with van der Waals surface area (Å²) in [7, 11) is 0. The molecule has 138 valence electrons. The second kappa shape index (κ2) is 7.84. The summed E-state index contributed by atoms with van der Waals surface area (Å²) in [5.74, 6) is 0. The van der Waals surface area contributed by atoms with Gasteiger partial charge in [0.05, 0.1) is 28.9 Å². The number of hydrogen-bond acceptors (Lipinski definition) is 3. The van der Waals surface area contributed by atoms with Gasteiger partial charge in [0, 0.05) is 16.7 Å². The molecule has 2 aromatic carbocycles. The van der Waals surface area contributed by atoms with E-state index in [1.54, 1.807) is 24.3 Å². The maximum Gasteiger partial charge on any atom is 0.323 e. The summed E-state index contributed by atoms with van der Waals surface area (Å²) in [6.07, 6.45) is -0.510. The molecule has 2 aromatic rings. The Morgan fingerprint density at radius 1 is 1.04 bits per heavy atom. The van der Waals surface area contributed by atoms with Gasteiger partial charge in [0.2, 0.25) is 0 Å². The number of rotatable bonds is 3. The molecule has 0 aromatic heterocycles.